The zero-order valence-electron chi connectivity index (χ0n) is 14.2. The van der Waals surface area contributed by atoms with Crippen LogP contribution in [-0.2, 0) is 4.79 Å². The van der Waals surface area contributed by atoms with Gasteiger partial charge in [-0.25, -0.2) is 0 Å². The minimum absolute atomic E-state index is 0.0813. The largest absolute Gasteiger partial charge is 0.493 e. The van der Waals surface area contributed by atoms with Crippen molar-refractivity contribution in [3.63, 3.8) is 0 Å². The molecule has 5 heteroatoms. The van der Waals surface area contributed by atoms with Crippen molar-refractivity contribution in [2.45, 2.75) is 34.1 Å². The molecule has 1 aromatic carbocycles. The molecule has 4 nitrogen and oxygen atoms in total. The van der Waals surface area contributed by atoms with Gasteiger partial charge >= 0.3 is 0 Å². The normalized spacial score (nSPS) is 11.8. The standard InChI is InChI=1S/C18H22ClNO3/c1-6-7-23-16-14(19)9-12(10-15(16)22-5)8-13(11-20)17(21)18(2,3)4/h8-10H,6-7H2,1-5H3/b13-8+. The molecule has 0 N–H and O–H groups in total. The van der Waals surface area contributed by atoms with Crippen molar-refractivity contribution in [2.24, 2.45) is 5.41 Å². The van der Waals surface area contributed by atoms with E-state index < -0.39 is 5.41 Å². The molecule has 0 bridgehead atoms. The lowest BCUT2D eigenvalue weighted by molar-refractivity contribution is -0.121. The number of nitrogens with zero attached hydrogens (tertiary/aromatic N) is 1. The van der Waals surface area contributed by atoms with Gasteiger partial charge in [0.2, 0.25) is 0 Å². The van der Waals surface area contributed by atoms with Crippen molar-refractivity contribution in [1.82, 2.24) is 0 Å². The van der Waals surface area contributed by atoms with Crippen LogP contribution in [0.5, 0.6) is 11.5 Å². The molecule has 0 aliphatic carbocycles. The number of allylic oxidation sites excluding steroid dienone is 1. The van der Waals surface area contributed by atoms with Gasteiger partial charge in [0.25, 0.3) is 0 Å². The van der Waals surface area contributed by atoms with Crippen molar-refractivity contribution in [1.29, 1.82) is 5.26 Å². The lowest BCUT2D eigenvalue weighted by Crippen LogP contribution is -2.21. The quantitative estimate of drug-likeness (QED) is 0.560. The average Bonchev–Trinajstić information content (AvgIpc) is 2.49. The number of carbonyl (C=O) groups excluding carboxylic acids is 1. The van der Waals surface area contributed by atoms with Crippen molar-refractivity contribution in [2.75, 3.05) is 13.7 Å². The molecule has 0 atom stereocenters. The Hall–Kier alpha value is -1.99. The van der Waals surface area contributed by atoms with Crippen molar-refractivity contribution in [3.8, 4) is 17.6 Å². The van der Waals surface area contributed by atoms with Gasteiger partial charge in [0.15, 0.2) is 17.3 Å². The highest BCUT2D eigenvalue weighted by atomic mass is 35.5. The van der Waals surface area contributed by atoms with Gasteiger partial charge in [-0.15, -0.1) is 0 Å². The van der Waals surface area contributed by atoms with E-state index in [1.54, 1.807) is 32.9 Å². The number of ether oxygens (including phenoxy) is 2. The van der Waals surface area contributed by atoms with E-state index in [1.165, 1.54) is 13.2 Å². The fraction of sp³-hybridized carbons (Fsp3) is 0.444. The Morgan fingerprint density at radius 3 is 2.52 bits per heavy atom. The molecule has 0 heterocycles. The van der Waals surface area contributed by atoms with Gasteiger partial charge in [-0.2, -0.15) is 5.26 Å². The SMILES string of the molecule is CCCOc1c(Cl)cc(/C=C(\C#N)C(=O)C(C)(C)C)cc1OC. The molecule has 1 aromatic rings. The van der Waals surface area contributed by atoms with E-state index in [0.29, 0.717) is 28.7 Å². The zero-order valence-corrected chi connectivity index (χ0v) is 15.0. The number of hydrogen-bond acceptors (Lipinski definition) is 4. The Morgan fingerprint density at radius 1 is 1.39 bits per heavy atom. The molecule has 0 aliphatic rings. The first kappa shape index (κ1) is 19.1. The van der Waals surface area contributed by atoms with Crippen molar-refractivity contribution >= 4 is 23.5 Å². The van der Waals surface area contributed by atoms with Crippen LogP contribution < -0.4 is 9.47 Å². The Kier molecular flexibility index (Phi) is 6.65. The van der Waals surface area contributed by atoms with Gasteiger partial charge in [-0.05, 0) is 30.2 Å². The molecule has 0 radical (unpaired) electrons. The topological polar surface area (TPSA) is 59.3 Å². The first-order valence-electron chi connectivity index (χ1n) is 7.41. The summed E-state index contributed by atoms with van der Waals surface area (Å²) in [6.45, 7) is 7.84. The molecule has 0 amide bonds. The second-order valence-electron chi connectivity index (χ2n) is 6.13. The van der Waals surface area contributed by atoms with Crippen LogP contribution in [0.2, 0.25) is 5.02 Å². The van der Waals surface area contributed by atoms with E-state index in [2.05, 4.69) is 0 Å². The summed E-state index contributed by atoms with van der Waals surface area (Å²) in [6, 6.07) is 5.31. The molecular formula is C18H22ClNO3. The van der Waals surface area contributed by atoms with Crippen LogP contribution in [0.25, 0.3) is 6.08 Å². The summed E-state index contributed by atoms with van der Waals surface area (Å²) < 4.78 is 10.9. The second kappa shape index (κ2) is 8.03. The smallest absolute Gasteiger partial charge is 0.179 e. The summed E-state index contributed by atoms with van der Waals surface area (Å²) >= 11 is 6.24. The fourth-order valence-corrected chi connectivity index (χ4v) is 2.16. The third-order valence-corrected chi connectivity index (χ3v) is 3.34. The first-order chi connectivity index (χ1) is 10.7. The van der Waals surface area contributed by atoms with Crippen LogP contribution in [-0.4, -0.2) is 19.5 Å². The van der Waals surface area contributed by atoms with Crippen molar-refractivity contribution in [3.05, 3.63) is 28.3 Å². The molecule has 0 saturated heterocycles. The molecule has 1 rings (SSSR count). The zero-order chi connectivity index (χ0) is 17.6. The predicted molar refractivity (Wildman–Crippen MR) is 91.8 cm³/mol. The summed E-state index contributed by atoms with van der Waals surface area (Å²) in [5, 5.41) is 9.64. The van der Waals surface area contributed by atoms with Crippen LogP contribution in [0.4, 0.5) is 0 Å². The minimum Gasteiger partial charge on any atom is -0.493 e. The van der Waals surface area contributed by atoms with E-state index in [0.717, 1.165) is 6.42 Å². The highest BCUT2D eigenvalue weighted by Gasteiger charge is 2.25. The van der Waals surface area contributed by atoms with Gasteiger partial charge in [0, 0.05) is 5.41 Å². The van der Waals surface area contributed by atoms with Crippen LogP contribution in [0, 0.1) is 16.7 Å². The van der Waals surface area contributed by atoms with E-state index in [-0.39, 0.29) is 11.4 Å². The third kappa shape index (κ3) is 5.01. The predicted octanol–water partition coefficient (Wildman–Crippen LogP) is 4.66. The second-order valence-corrected chi connectivity index (χ2v) is 6.54. The molecule has 23 heavy (non-hydrogen) atoms. The van der Waals surface area contributed by atoms with E-state index >= 15 is 0 Å². The highest BCUT2D eigenvalue weighted by molar-refractivity contribution is 6.32. The number of halogens is 1. The summed E-state index contributed by atoms with van der Waals surface area (Å²) in [6.07, 6.45) is 2.37. The molecule has 124 valence electrons. The Labute approximate surface area is 142 Å². The van der Waals surface area contributed by atoms with Gasteiger partial charge < -0.3 is 9.47 Å². The Balaban J connectivity index is 3.28. The maximum atomic E-state index is 12.3. The number of carbonyl (C=O) groups is 1. The fourth-order valence-electron chi connectivity index (χ4n) is 1.89. The average molecular weight is 336 g/mol. The number of rotatable bonds is 6. The molecular weight excluding hydrogens is 314 g/mol. The molecule has 0 aromatic heterocycles. The molecule has 0 unspecified atom stereocenters. The van der Waals surface area contributed by atoms with Gasteiger partial charge in [-0.1, -0.05) is 39.3 Å². The van der Waals surface area contributed by atoms with Gasteiger partial charge in [-0.3, -0.25) is 4.79 Å². The van der Waals surface area contributed by atoms with Crippen LogP contribution in [0.1, 0.15) is 39.7 Å². The number of methoxy groups -OCH3 is 1. The molecule has 0 spiro atoms. The maximum Gasteiger partial charge on any atom is 0.179 e. The van der Waals surface area contributed by atoms with Gasteiger partial charge in [0.05, 0.1) is 24.3 Å². The summed E-state index contributed by atoms with van der Waals surface area (Å²) in [7, 11) is 1.52. The van der Waals surface area contributed by atoms with E-state index in [9.17, 15) is 10.1 Å². The van der Waals surface area contributed by atoms with Crippen LogP contribution >= 0.6 is 11.6 Å². The number of ketones is 1. The Morgan fingerprint density at radius 2 is 2.04 bits per heavy atom. The number of nitriles is 1. The highest BCUT2D eigenvalue weighted by Crippen LogP contribution is 2.37. The molecule has 0 saturated carbocycles. The first-order valence-corrected chi connectivity index (χ1v) is 7.79. The monoisotopic (exact) mass is 335 g/mol. The lowest BCUT2D eigenvalue weighted by Gasteiger charge is -2.16. The number of benzene rings is 1. The maximum absolute atomic E-state index is 12.3. The molecule has 0 fully saturated rings. The summed E-state index contributed by atoms with van der Waals surface area (Å²) in [4.78, 5) is 12.3. The Bertz CT molecular complexity index is 651. The van der Waals surface area contributed by atoms with E-state index in [4.69, 9.17) is 21.1 Å². The summed E-state index contributed by atoms with van der Waals surface area (Å²) in [5.74, 6) is 0.716. The minimum atomic E-state index is -0.625. The lowest BCUT2D eigenvalue weighted by atomic mass is 9.86. The van der Waals surface area contributed by atoms with Gasteiger partial charge in [0.1, 0.15) is 6.07 Å². The van der Waals surface area contributed by atoms with Crippen LogP contribution in [0.15, 0.2) is 17.7 Å². The number of hydrogen-bond donors (Lipinski definition) is 0. The third-order valence-electron chi connectivity index (χ3n) is 3.06. The number of Topliss-reactive ketones (excluding diaryl/α,β-unsaturated/α-hetero) is 1. The van der Waals surface area contributed by atoms with E-state index in [1.807, 2.05) is 13.0 Å². The molecule has 0 aliphatic heterocycles. The van der Waals surface area contributed by atoms with Crippen molar-refractivity contribution < 1.29 is 14.3 Å². The van der Waals surface area contributed by atoms with Crippen LogP contribution in [0.3, 0.4) is 0 Å². The summed E-state index contributed by atoms with van der Waals surface area (Å²) in [5.41, 5.74) is 0.0716.